The molecule has 1 fully saturated rings. The summed E-state index contributed by atoms with van der Waals surface area (Å²) in [5.74, 6) is 0.933. The van der Waals surface area contributed by atoms with Crippen molar-refractivity contribution >= 4 is 35.9 Å². The van der Waals surface area contributed by atoms with E-state index in [1.807, 2.05) is 6.92 Å². The van der Waals surface area contributed by atoms with Crippen molar-refractivity contribution in [3.8, 4) is 0 Å². The highest BCUT2D eigenvalue weighted by Crippen LogP contribution is 2.23. The van der Waals surface area contributed by atoms with Crippen LogP contribution in [0, 0.1) is 11.3 Å². The number of nitrogens with zero attached hydrogens (tertiary/aromatic N) is 2. The van der Waals surface area contributed by atoms with E-state index in [0.717, 1.165) is 51.4 Å². The van der Waals surface area contributed by atoms with Crippen LogP contribution in [-0.2, 0) is 16.0 Å². The summed E-state index contributed by atoms with van der Waals surface area (Å²) in [6, 6.07) is 10.6. The maximum atomic E-state index is 11.9. The molecule has 0 spiro atoms. The molecule has 1 heterocycles. The molecule has 1 aromatic carbocycles. The van der Waals surface area contributed by atoms with Gasteiger partial charge >= 0.3 is 5.97 Å². The van der Waals surface area contributed by atoms with E-state index in [4.69, 9.17) is 9.73 Å². The number of ether oxygens (including phenoxy) is 1. The highest BCUT2D eigenvalue weighted by Gasteiger charge is 2.28. The van der Waals surface area contributed by atoms with Gasteiger partial charge in [-0.25, -0.2) is 0 Å². The largest absolute Gasteiger partial charge is 0.466 e. The second-order valence-electron chi connectivity index (χ2n) is 8.01. The Labute approximate surface area is 187 Å². The zero-order valence-electron chi connectivity index (χ0n) is 17.7. The van der Waals surface area contributed by atoms with Crippen molar-refractivity contribution in [2.75, 3.05) is 32.8 Å². The molecular weight excluding hydrogens is 465 g/mol. The van der Waals surface area contributed by atoms with Gasteiger partial charge in [-0.05, 0) is 44.1 Å². The Hall–Kier alpha value is -1.31. The number of carbonyl (C=O) groups excluding carboxylic acids is 1. The lowest BCUT2D eigenvalue weighted by molar-refractivity contribution is -0.149. The van der Waals surface area contributed by atoms with Crippen LogP contribution in [-0.4, -0.2) is 49.6 Å². The lowest BCUT2D eigenvalue weighted by Gasteiger charge is -2.34. The normalized spacial score (nSPS) is 15.7. The Kier molecular flexibility index (Phi) is 10.9. The fraction of sp³-hybridized carbons (Fsp3) is 0.636. The van der Waals surface area contributed by atoms with Gasteiger partial charge in [0.05, 0.1) is 12.5 Å². The predicted molar refractivity (Wildman–Crippen MR) is 126 cm³/mol. The molecule has 0 bridgehead atoms. The van der Waals surface area contributed by atoms with Crippen molar-refractivity contribution in [1.82, 2.24) is 10.2 Å². The maximum absolute atomic E-state index is 11.9. The highest BCUT2D eigenvalue weighted by molar-refractivity contribution is 14.0. The Balaban J connectivity index is 0.00000392. The lowest BCUT2D eigenvalue weighted by atomic mass is 9.86. The van der Waals surface area contributed by atoms with E-state index >= 15 is 0 Å². The van der Waals surface area contributed by atoms with Gasteiger partial charge in [0.15, 0.2) is 5.96 Å². The van der Waals surface area contributed by atoms with Gasteiger partial charge in [0, 0.05) is 26.2 Å². The summed E-state index contributed by atoms with van der Waals surface area (Å²) in [6.45, 7) is 12.2. The van der Waals surface area contributed by atoms with Crippen molar-refractivity contribution < 1.29 is 9.53 Å². The minimum Gasteiger partial charge on any atom is -0.466 e. The molecule has 6 heteroatoms. The van der Waals surface area contributed by atoms with Crippen molar-refractivity contribution in [3.05, 3.63) is 35.9 Å². The van der Waals surface area contributed by atoms with Crippen molar-refractivity contribution in [2.45, 2.75) is 47.0 Å². The van der Waals surface area contributed by atoms with Gasteiger partial charge in [-0.1, -0.05) is 44.2 Å². The number of benzene rings is 1. The first-order valence-corrected chi connectivity index (χ1v) is 10.2. The Morgan fingerprint density at radius 2 is 1.86 bits per heavy atom. The number of carbonyl (C=O) groups is 1. The van der Waals surface area contributed by atoms with Gasteiger partial charge in [-0.2, -0.15) is 0 Å². The number of hydrogen-bond donors (Lipinski definition) is 1. The van der Waals surface area contributed by atoms with Gasteiger partial charge in [0.25, 0.3) is 0 Å². The predicted octanol–water partition coefficient (Wildman–Crippen LogP) is 4.11. The number of halogens is 1. The van der Waals surface area contributed by atoms with Crippen LogP contribution in [0.5, 0.6) is 0 Å². The van der Waals surface area contributed by atoms with Crippen LogP contribution in [0.25, 0.3) is 0 Å². The second kappa shape index (κ2) is 12.3. The zero-order chi connectivity index (χ0) is 19.7. The molecule has 0 saturated carbocycles. The van der Waals surface area contributed by atoms with Gasteiger partial charge < -0.3 is 15.0 Å². The first-order chi connectivity index (χ1) is 12.9. The molecule has 0 unspecified atom stereocenters. The van der Waals surface area contributed by atoms with Crippen LogP contribution < -0.4 is 5.32 Å². The molecule has 28 heavy (non-hydrogen) atoms. The molecule has 1 N–H and O–H groups in total. The number of nitrogens with one attached hydrogen (secondary N) is 1. The maximum Gasteiger partial charge on any atom is 0.309 e. The molecule has 158 valence electrons. The van der Waals surface area contributed by atoms with Crippen molar-refractivity contribution in [3.63, 3.8) is 0 Å². The third-order valence-corrected chi connectivity index (χ3v) is 4.93. The van der Waals surface area contributed by atoms with Gasteiger partial charge in [-0.3, -0.25) is 9.79 Å². The monoisotopic (exact) mass is 501 g/mol. The topological polar surface area (TPSA) is 53.9 Å². The molecule has 0 amide bonds. The summed E-state index contributed by atoms with van der Waals surface area (Å²) < 4.78 is 5.17. The first-order valence-electron chi connectivity index (χ1n) is 10.2. The minimum atomic E-state index is -0.0527. The van der Waals surface area contributed by atoms with Gasteiger partial charge in [0.2, 0.25) is 0 Å². The van der Waals surface area contributed by atoms with Crippen LogP contribution in [0.4, 0.5) is 0 Å². The lowest BCUT2D eigenvalue weighted by Crippen LogP contribution is -2.47. The number of rotatable bonds is 7. The molecule has 1 aliphatic rings. The van der Waals surface area contributed by atoms with Crippen LogP contribution in [0.1, 0.15) is 46.1 Å². The number of likely N-dealkylation sites (tertiary alicyclic amines) is 1. The van der Waals surface area contributed by atoms with Crippen LogP contribution in [0.2, 0.25) is 0 Å². The Bertz CT molecular complexity index is 611. The molecule has 1 aliphatic heterocycles. The standard InChI is InChI=1S/C22H35N3O2.HI/c1-5-23-21(25-14-12-19(13-15-25)20(26)27-6-2)24-17-22(3,4)16-18-10-8-7-9-11-18;/h7-11,19H,5-6,12-17H2,1-4H3,(H,23,24);1H. The Morgan fingerprint density at radius 3 is 2.43 bits per heavy atom. The third-order valence-electron chi connectivity index (χ3n) is 4.93. The zero-order valence-corrected chi connectivity index (χ0v) is 20.1. The summed E-state index contributed by atoms with van der Waals surface area (Å²) in [5.41, 5.74) is 1.43. The van der Waals surface area contributed by atoms with E-state index in [0.29, 0.717) is 6.61 Å². The fourth-order valence-corrected chi connectivity index (χ4v) is 3.51. The van der Waals surface area contributed by atoms with Gasteiger partial charge in [0.1, 0.15) is 0 Å². The number of esters is 1. The van der Waals surface area contributed by atoms with E-state index in [-0.39, 0.29) is 41.3 Å². The molecule has 1 aromatic rings. The van der Waals surface area contributed by atoms with Crippen LogP contribution >= 0.6 is 24.0 Å². The molecule has 0 atom stereocenters. The van der Waals surface area contributed by atoms with Crippen LogP contribution in [0.15, 0.2) is 35.3 Å². The van der Waals surface area contributed by atoms with E-state index < -0.39 is 0 Å². The quantitative estimate of drug-likeness (QED) is 0.265. The van der Waals surface area contributed by atoms with E-state index in [1.54, 1.807) is 0 Å². The molecule has 1 saturated heterocycles. The minimum absolute atomic E-state index is 0. The third kappa shape index (κ3) is 7.97. The highest BCUT2D eigenvalue weighted by atomic mass is 127. The molecule has 2 rings (SSSR count). The average Bonchev–Trinajstić information content (AvgIpc) is 2.66. The SMILES string of the molecule is CCNC(=NCC(C)(C)Cc1ccccc1)N1CCC(C(=O)OCC)CC1.I. The number of piperidine rings is 1. The molecular formula is C22H36IN3O2. The van der Waals surface area contributed by atoms with E-state index in [1.165, 1.54) is 5.56 Å². The summed E-state index contributed by atoms with van der Waals surface area (Å²) in [4.78, 5) is 19.1. The summed E-state index contributed by atoms with van der Waals surface area (Å²) in [7, 11) is 0. The summed E-state index contributed by atoms with van der Waals surface area (Å²) in [6.07, 6.45) is 2.66. The first kappa shape index (κ1) is 24.7. The smallest absolute Gasteiger partial charge is 0.309 e. The Morgan fingerprint density at radius 1 is 1.21 bits per heavy atom. The van der Waals surface area contributed by atoms with Crippen molar-refractivity contribution in [1.29, 1.82) is 0 Å². The number of guanidine groups is 1. The molecule has 5 nitrogen and oxygen atoms in total. The van der Waals surface area contributed by atoms with Crippen molar-refractivity contribution in [2.24, 2.45) is 16.3 Å². The second-order valence-corrected chi connectivity index (χ2v) is 8.01. The van der Waals surface area contributed by atoms with E-state index in [2.05, 4.69) is 61.3 Å². The molecule has 0 radical (unpaired) electrons. The summed E-state index contributed by atoms with van der Waals surface area (Å²) >= 11 is 0. The number of hydrogen-bond acceptors (Lipinski definition) is 3. The molecule has 0 aliphatic carbocycles. The summed E-state index contributed by atoms with van der Waals surface area (Å²) in [5, 5.41) is 3.42. The van der Waals surface area contributed by atoms with E-state index in [9.17, 15) is 4.79 Å². The average molecular weight is 501 g/mol. The number of aliphatic imine (C=N–C) groups is 1. The van der Waals surface area contributed by atoms with Crippen LogP contribution in [0.3, 0.4) is 0 Å². The molecule has 0 aromatic heterocycles. The fourth-order valence-electron chi connectivity index (χ4n) is 3.51. The van der Waals surface area contributed by atoms with Gasteiger partial charge in [-0.15, -0.1) is 24.0 Å².